The Morgan fingerprint density at radius 1 is 1.27 bits per heavy atom. The predicted molar refractivity (Wildman–Crippen MR) is 36.5 cm³/mol. The summed E-state index contributed by atoms with van der Waals surface area (Å²) in [5.74, 6) is -1.85. The first-order valence-corrected chi connectivity index (χ1v) is 2.79. The third-order valence-electron chi connectivity index (χ3n) is 1.18. The van der Waals surface area contributed by atoms with E-state index in [1.165, 1.54) is 6.07 Å². The molecule has 0 spiro atoms. The Balaban J connectivity index is 3.40. The number of nitrogens with zero attached hydrogens (tertiary/aromatic N) is 1. The van der Waals surface area contributed by atoms with Gasteiger partial charge in [-0.3, -0.25) is 0 Å². The quantitative estimate of drug-likeness (QED) is 0.496. The molecule has 1 aromatic carbocycles. The van der Waals surface area contributed by atoms with Crippen LogP contribution in [-0.2, 0) is 0 Å². The van der Waals surface area contributed by atoms with E-state index in [4.69, 9.17) is 13.1 Å². The van der Waals surface area contributed by atoms with E-state index in [2.05, 4.69) is 0 Å². The molecule has 0 saturated heterocycles. The molecule has 2 radical (unpaired) electrons. The Hall–Kier alpha value is -1.37. The van der Waals surface area contributed by atoms with Gasteiger partial charge in [-0.1, -0.05) is 5.46 Å². The summed E-state index contributed by atoms with van der Waals surface area (Å²) in [5, 5.41) is 8.22. The Labute approximate surface area is 63.7 Å². The Kier molecular flexibility index (Phi) is 1.90. The van der Waals surface area contributed by atoms with Crippen LogP contribution in [0.2, 0.25) is 0 Å². The Bertz CT molecular complexity index is 307. The summed E-state index contributed by atoms with van der Waals surface area (Å²) in [6, 6.07) is 3.19. The molecule has 52 valence electrons. The van der Waals surface area contributed by atoms with Gasteiger partial charge in [0.1, 0.15) is 31.1 Å². The van der Waals surface area contributed by atoms with Gasteiger partial charge in [0.15, 0.2) is 0 Å². The minimum absolute atomic E-state index is 0.0287. The van der Waals surface area contributed by atoms with Crippen LogP contribution < -0.4 is 5.46 Å². The van der Waals surface area contributed by atoms with Crippen molar-refractivity contribution in [1.29, 1.82) is 5.26 Å². The summed E-state index contributed by atoms with van der Waals surface area (Å²) < 4.78 is 25.1. The maximum absolute atomic E-state index is 12.6. The molecule has 0 heterocycles. The van der Waals surface area contributed by atoms with Gasteiger partial charge in [-0.15, -0.1) is 0 Å². The Morgan fingerprint density at radius 2 is 1.73 bits per heavy atom. The van der Waals surface area contributed by atoms with E-state index >= 15 is 0 Å². The van der Waals surface area contributed by atoms with Crippen LogP contribution in [0.3, 0.4) is 0 Å². The molecule has 1 nitrogen and oxygen atoms in total. The van der Waals surface area contributed by atoms with E-state index in [9.17, 15) is 8.78 Å². The monoisotopic (exact) mass is 149 g/mol. The highest BCUT2D eigenvalue weighted by molar-refractivity contribution is 6.32. The van der Waals surface area contributed by atoms with E-state index in [0.29, 0.717) is 0 Å². The maximum atomic E-state index is 12.6. The van der Waals surface area contributed by atoms with Crippen LogP contribution in [-0.4, -0.2) is 7.85 Å². The van der Waals surface area contributed by atoms with Crippen LogP contribution in [0.15, 0.2) is 12.1 Å². The maximum Gasteiger partial charge on any atom is 0.143 e. The lowest BCUT2D eigenvalue weighted by Crippen LogP contribution is -2.06. The minimum Gasteiger partial charge on any atom is -0.205 e. The highest BCUT2D eigenvalue weighted by Crippen LogP contribution is 2.07. The van der Waals surface area contributed by atoms with Crippen molar-refractivity contribution in [2.75, 3.05) is 0 Å². The van der Waals surface area contributed by atoms with Crippen molar-refractivity contribution >= 4 is 13.3 Å². The number of nitriles is 1. The number of rotatable bonds is 0. The molecule has 0 fully saturated rings. The average Bonchev–Trinajstić information content (AvgIpc) is 1.85. The molecule has 1 aromatic rings. The van der Waals surface area contributed by atoms with Gasteiger partial charge in [0.25, 0.3) is 0 Å². The average molecular weight is 149 g/mol. The third-order valence-corrected chi connectivity index (χ3v) is 1.18. The number of hydrogen-bond donors (Lipinski definition) is 0. The lowest BCUT2D eigenvalue weighted by Gasteiger charge is -1.96. The zero-order valence-corrected chi connectivity index (χ0v) is 5.44. The molecule has 0 atom stereocenters. The lowest BCUT2D eigenvalue weighted by atomic mass is 9.95. The molecule has 0 aromatic heterocycles. The van der Waals surface area contributed by atoms with Gasteiger partial charge < -0.3 is 0 Å². The van der Waals surface area contributed by atoms with Crippen LogP contribution in [0.1, 0.15) is 5.56 Å². The molecule has 0 bridgehead atoms. The first-order valence-electron chi connectivity index (χ1n) is 2.79. The second kappa shape index (κ2) is 2.71. The molecular formula is C7H2BF2N. The molecule has 1 rings (SSSR count). The standard InChI is InChI=1S/C7H2BF2N/c8-4-1-6(9)5(3-11)7(10)2-4/h1-2H. The molecule has 0 aliphatic carbocycles. The minimum atomic E-state index is -0.926. The van der Waals surface area contributed by atoms with Crippen molar-refractivity contribution in [2.24, 2.45) is 0 Å². The van der Waals surface area contributed by atoms with Crippen LogP contribution >= 0.6 is 0 Å². The molecule has 0 N–H and O–H groups in total. The normalized spacial score (nSPS) is 9.18. The number of halogens is 2. The largest absolute Gasteiger partial charge is 0.205 e. The summed E-state index contributed by atoms with van der Waals surface area (Å²) in [5.41, 5.74) is -0.627. The van der Waals surface area contributed by atoms with Gasteiger partial charge in [-0.2, -0.15) is 5.26 Å². The van der Waals surface area contributed by atoms with Gasteiger partial charge in [0, 0.05) is 0 Å². The van der Waals surface area contributed by atoms with Crippen molar-refractivity contribution in [1.82, 2.24) is 0 Å². The predicted octanol–water partition coefficient (Wildman–Crippen LogP) is 0.630. The summed E-state index contributed by atoms with van der Waals surface area (Å²) in [4.78, 5) is 0. The second-order valence-electron chi connectivity index (χ2n) is 1.97. The van der Waals surface area contributed by atoms with Gasteiger partial charge in [0.2, 0.25) is 0 Å². The van der Waals surface area contributed by atoms with Crippen LogP contribution in [0.4, 0.5) is 8.78 Å². The van der Waals surface area contributed by atoms with Crippen molar-refractivity contribution in [2.45, 2.75) is 0 Å². The topological polar surface area (TPSA) is 23.8 Å². The second-order valence-corrected chi connectivity index (χ2v) is 1.97. The third kappa shape index (κ3) is 1.37. The van der Waals surface area contributed by atoms with E-state index in [1.54, 1.807) is 0 Å². The van der Waals surface area contributed by atoms with Gasteiger partial charge in [-0.25, -0.2) is 8.78 Å². The van der Waals surface area contributed by atoms with E-state index in [0.717, 1.165) is 12.1 Å². The zero-order chi connectivity index (χ0) is 8.43. The molecule has 0 amide bonds. The fourth-order valence-corrected chi connectivity index (χ4v) is 0.700. The van der Waals surface area contributed by atoms with Crippen molar-refractivity contribution in [3.8, 4) is 6.07 Å². The molecule has 0 unspecified atom stereocenters. The molecule has 0 aliphatic heterocycles. The van der Waals surface area contributed by atoms with Crippen molar-refractivity contribution in [3.05, 3.63) is 29.3 Å². The van der Waals surface area contributed by atoms with Crippen molar-refractivity contribution in [3.63, 3.8) is 0 Å². The van der Waals surface area contributed by atoms with Crippen LogP contribution in [0.5, 0.6) is 0 Å². The fraction of sp³-hybridized carbons (Fsp3) is 0. The first kappa shape index (κ1) is 7.74. The van der Waals surface area contributed by atoms with E-state index in [-0.39, 0.29) is 5.46 Å². The number of benzene rings is 1. The lowest BCUT2D eigenvalue weighted by molar-refractivity contribution is 0.579. The first-order chi connectivity index (χ1) is 5.15. The van der Waals surface area contributed by atoms with E-state index in [1.807, 2.05) is 0 Å². The molecule has 4 heteroatoms. The fourth-order valence-electron chi connectivity index (χ4n) is 0.700. The summed E-state index contributed by atoms with van der Waals surface area (Å²) >= 11 is 0. The molecule has 0 saturated carbocycles. The highest BCUT2D eigenvalue weighted by atomic mass is 19.1. The summed E-state index contributed by atoms with van der Waals surface area (Å²) in [6.45, 7) is 0. The molecular weight excluding hydrogens is 147 g/mol. The van der Waals surface area contributed by atoms with Gasteiger partial charge >= 0.3 is 0 Å². The highest BCUT2D eigenvalue weighted by Gasteiger charge is 2.07. The van der Waals surface area contributed by atoms with Crippen molar-refractivity contribution < 1.29 is 8.78 Å². The Morgan fingerprint density at radius 3 is 2.09 bits per heavy atom. The smallest absolute Gasteiger partial charge is 0.143 e. The summed E-state index contributed by atoms with van der Waals surface area (Å²) in [6.07, 6.45) is 0. The SMILES string of the molecule is [B]c1cc(F)c(C#N)c(F)c1. The van der Waals surface area contributed by atoms with Gasteiger partial charge in [0.05, 0.1) is 0 Å². The van der Waals surface area contributed by atoms with Crippen LogP contribution in [0, 0.1) is 23.0 Å². The molecule has 0 aliphatic rings. The molecule has 11 heavy (non-hydrogen) atoms. The summed E-state index contributed by atoms with van der Waals surface area (Å²) in [7, 11) is 5.09. The van der Waals surface area contributed by atoms with E-state index < -0.39 is 17.2 Å². The number of hydrogen-bond acceptors (Lipinski definition) is 1. The zero-order valence-electron chi connectivity index (χ0n) is 5.44. The van der Waals surface area contributed by atoms with Gasteiger partial charge in [-0.05, 0) is 12.1 Å². The van der Waals surface area contributed by atoms with Crippen LogP contribution in [0.25, 0.3) is 0 Å².